The first-order chi connectivity index (χ1) is 8.62. The first kappa shape index (κ1) is 16.1. The largest absolute Gasteiger partial charge is 0.398 e. The van der Waals surface area contributed by atoms with Crippen LogP contribution in [0.15, 0.2) is 0 Å². The van der Waals surface area contributed by atoms with Crippen molar-refractivity contribution in [2.75, 3.05) is 34.5 Å². The molecule has 1 aliphatic rings. The summed E-state index contributed by atoms with van der Waals surface area (Å²) in [6, 6.07) is 1.96. The van der Waals surface area contributed by atoms with Crippen molar-refractivity contribution in [2.45, 2.75) is 44.9 Å². The van der Waals surface area contributed by atoms with E-state index in [4.69, 9.17) is 18.3 Å². The van der Waals surface area contributed by atoms with Crippen molar-refractivity contribution in [3.63, 3.8) is 0 Å². The maximum absolute atomic E-state index is 5.71. The van der Waals surface area contributed by atoms with Crippen molar-refractivity contribution < 1.29 is 18.3 Å². The van der Waals surface area contributed by atoms with Gasteiger partial charge in [-0.3, -0.25) is 0 Å². The zero-order chi connectivity index (χ0) is 13.6. The summed E-state index contributed by atoms with van der Waals surface area (Å²) in [6.07, 6.45) is 2.35. The molecule has 0 aromatic carbocycles. The number of rotatable bonds is 9. The van der Waals surface area contributed by atoms with Crippen molar-refractivity contribution >= 4 is 8.56 Å². The van der Waals surface area contributed by atoms with E-state index in [1.165, 1.54) is 0 Å². The Kier molecular flexibility index (Phi) is 6.27. The third-order valence-corrected chi connectivity index (χ3v) is 8.14. The highest BCUT2D eigenvalue weighted by Gasteiger charge is 2.46. The quantitative estimate of drug-likeness (QED) is 0.607. The summed E-state index contributed by atoms with van der Waals surface area (Å²) in [5.41, 5.74) is 0.212. The lowest BCUT2D eigenvalue weighted by molar-refractivity contribution is -0.182. The van der Waals surface area contributed by atoms with Gasteiger partial charge in [0.05, 0.1) is 19.3 Å². The molecule has 1 saturated heterocycles. The summed E-state index contributed by atoms with van der Waals surface area (Å²) in [5.74, 6) is 0. The predicted molar refractivity (Wildman–Crippen MR) is 74.0 cm³/mol. The van der Waals surface area contributed by atoms with Crippen LogP contribution in [0.4, 0.5) is 0 Å². The van der Waals surface area contributed by atoms with Crippen molar-refractivity contribution in [1.29, 1.82) is 0 Å². The van der Waals surface area contributed by atoms with Gasteiger partial charge in [0.25, 0.3) is 0 Å². The summed E-state index contributed by atoms with van der Waals surface area (Å²) < 4.78 is 22.4. The van der Waals surface area contributed by atoms with Crippen LogP contribution < -0.4 is 0 Å². The third kappa shape index (κ3) is 3.14. The highest BCUT2D eigenvalue weighted by atomic mass is 28.4. The minimum absolute atomic E-state index is 0.212. The Morgan fingerprint density at radius 2 is 1.78 bits per heavy atom. The van der Waals surface area contributed by atoms with Crippen LogP contribution in [0.1, 0.15) is 26.7 Å². The molecule has 1 fully saturated rings. The lowest BCUT2D eigenvalue weighted by atomic mass is 9.76. The Morgan fingerprint density at radius 1 is 1.17 bits per heavy atom. The smallest absolute Gasteiger partial charge is 0.337 e. The SMILES string of the molecule is CCC1(C(CC[Si](CC)(OC)OC)OC)COC1. The molecule has 0 spiro atoms. The topological polar surface area (TPSA) is 36.9 Å². The van der Waals surface area contributed by atoms with E-state index < -0.39 is 8.56 Å². The Labute approximate surface area is 112 Å². The molecule has 0 aromatic heterocycles. The van der Waals surface area contributed by atoms with Crippen LogP contribution in [-0.4, -0.2) is 49.2 Å². The summed E-state index contributed by atoms with van der Waals surface area (Å²) in [7, 11) is 3.34. The Hall–Kier alpha value is 0.0569. The minimum atomic E-state index is -2.00. The Bertz CT molecular complexity index is 225. The molecule has 1 heterocycles. The fraction of sp³-hybridized carbons (Fsp3) is 1.00. The summed E-state index contributed by atoms with van der Waals surface area (Å²) >= 11 is 0. The molecule has 18 heavy (non-hydrogen) atoms. The van der Waals surface area contributed by atoms with Gasteiger partial charge in [-0.05, 0) is 24.9 Å². The van der Waals surface area contributed by atoms with Gasteiger partial charge in [-0.1, -0.05) is 13.8 Å². The molecule has 1 unspecified atom stereocenters. The first-order valence-electron chi connectivity index (χ1n) is 6.82. The van der Waals surface area contributed by atoms with E-state index in [2.05, 4.69) is 13.8 Å². The number of ether oxygens (including phenoxy) is 2. The lowest BCUT2D eigenvalue weighted by Gasteiger charge is -2.46. The van der Waals surface area contributed by atoms with Gasteiger partial charge in [-0.2, -0.15) is 0 Å². The molecule has 0 N–H and O–H groups in total. The normalized spacial score (nSPS) is 20.5. The molecule has 108 valence electrons. The van der Waals surface area contributed by atoms with Crippen molar-refractivity contribution in [2.24, 2.45) is 5.41 Å². The van der Waals surface area contributed by atoms with E-state index in [1.54, 1.807) is 21.3 Å². The summed E-state index contributed by atoms with van der Waals surface area (Å²) in [6.45, 7) is 6.00. The number of methoxy groups -OCH3 is 1. The van der Waals surface area contributed by atoms with Gasteiger partial charge < -0.3 is 18.3 Å². The molecule has 0 amide bonds. The van der Waals surface area contributed by atoms with Gasteiger partial charge in [-0.15, -0.1) is 0 Å². The summed E-state index contributed by atoms with van der Waals surface area (Å²) in [5, 5.41) is 0. The van der Waals surface area contributed by atoms with Crippen LogP contribution in [0.5, 0.6) is 0 Å². The zero-order valence-corrected chi connectivity index (χ0v) is 13.5. The van der Waals surface area contributed by atoms with Crippen LogP contribution in [0.2, 0.25) is 12.1 Å². The second-order valence-corrected chi connectivity index (χ2v) is 8.99. The molecule has 1 atom stereocenters. The van der Waals surface area contributed by atoms with Crippen LogP contribution in [0, 0.1) is 5.41 Å². The van der Waals surface area contributed by atoms with E-state index in [-0.39, 0.29) is 11.5 Å². The van der Waals surface area contributed by atoms with Gasteiger partial charge >= 0.3 is 8.56 Å². The average molecular weight is 276 g/mol. The highest BCUT2D eigenvalue weighted by molar-refractivity contribution is 6.67. The highest BCUT2D eigenvalue weighted by Crippen LogP contribution is 2.39. The van der Waals surface area contributed by atoms with Gasteiger partial charge in [0.15, 0.2) is 0 Å². The average Bonchev–Trinajstić information content (AvgIpc) is 2.37. The van der Waals surface area contributed by atoms with Crippen LogP contribution >= 0.6 is 0 Å². The molecule has 0 saturated carbocycles. The molecular weight excluding hydrogens is 248 g/mol. The molecule has 0 radical (unpaired) electrons. The Morgan fingerprint density at radius 3 is 2.06 bits per heavy atom. The number of hydrogen-bond acceptors (Lipinski definition) is 4. The van der Waals surface area contributed by atoms with Gasteiger partial charge in [0, 0.05) is 26.7 Å². The van der Waals surface area contributed by atoms with E-state index in [1.807, 2.05) is 0 Å². The van der Waals surface area contributed by atoms with E-state index >= 15 is 0 Å². The third-order valence-electron chi connectivity index (χ3n) is 4.52. The molecular formula is C13H28O4Si. The van der Waals surface area contributed by atoms with Gasteiger partial charge in [-0.25, -0.2) is 0 Å². The zero-order valence-electron chi connectivity index (χ0n) is 12.5. The molecule has 5 heteroatoms. The van der Waals surface area contributed by atoms with E-state index in [9.17, 15) is 0 Å². The fourth-order valence-corrected chi connectivity index (χ4v) is 4.97. The lowest BCUT2D eigenvalue weighted by Crippen LogP contribution is -2.52. The standard InChI is InChI=1S/C13H28O4Si/c1-6-13(10-17-11-13)12(14-3)8-9-18(7-2,15-4)16-5/h12H,6-11H2,1-5H3. The fourth-order valence-electron chi connectivity index (χ4n) is 2.76. The molecule has 0 aromatic rings. The van der Waals surface area contributed by atoms with Crippen LogP contribution in [0.25, 0.3) is 0 Å². The van der Waals surface area contributed by atoms with E-state index in [0.29, 0.717) is 0 Å². The van der Waals surface area contributed by atoms with Crippen molar-refractivity contribution in [3.8, 4) is 0 Å². The molecule has 0 aliphatic carbocycles. The maximum atomic E-state index is 5.71. The monoisotopic (exact) mass is 276 g/mol. The second kappa shape index (κ2) is 7.00. The molecule has 1 rings (SSSR count). The summed E-state index contributed by atoms with van der Waals surface area (Å²) in [4.78, 5) is 0. The second-order valence-electron chi connectivity index (χ2n) is 5.14. The predicted octanol–water partition coefficient (Wildman–Crippen LogP) is 2.57. The van der Waals surface area contributed by atoms with Gasteiger partial charge in [0.2, 0.25) is 0 Å². The molecule has 0 bridgehead atoms. The molecule has 1 aliphatic heterocycles. The van der Waals surface area contributed by atoms with Crippen molar-refractivity contribution in [3.05, 3.63) is 0 Å². The number of hydrogen-bond donors (Lipinski definition) is 0. The van der Waals surface area contributed by atoms with E-state index in [0.717, 1.165) is 38.1 Å². The first-order valence-corrected chi connectivity index (χ1v) is 9.06. The van der Waals surface area contributed by atoms with Crippen molar-refractivity contribution in [1.82, 2.24) is 0 Å². The maximum Gasteiger partial charge on any atom is 0.337 e. The van der Waals surface area contributed by atoms with Crippen LogP contribution in [-0.2, 0) is 18.3 Å². The molecule has 4 nitrogen and oxygen atoms in total. The van der Waals surface area contributed by atoms with Crippen LogP contribution in [0.3, 0.4) is 0 Å². The van der Waals surface area contributed by atoms with Gasteiger partial charge in [0.1, 0.15) is 0 Å². The Balaban J connectivity index is 2.58. The minimum Gasteiger partial charge on any atom is -0.398 e.